The Hall–Kier alpha value is -1.06. The summed E-state index contributed by atoms with van der Waals surface area (Å²) in [4.78, 5) is 0.0692. The van der Waals surface area contributed by atoms with Crippen molar-refractivity contribution in [2.75, 3.05) is 0 Å². The third kappa shape index (κ3) is 2.25. The number of rotatable bonds is 3. The van der Waals surface area contributed by atoms with Gasteiger partial charge >= 0.3 is 0 Å². The lowest BCUT2D eigenvalue weighted by Gasteiger charge is -2.03. The van der Waals surface area contributed by atoms with Crippen molar-refractivity contribution in [2.45, 2.75) is 4.90 Å². The van der Waals surface area contributed by atoms with Crippen molar-refractivity contribution >= 4 is 31.9 Å². The van der Waals surface area contributed by atoms with Crippen molar-refractivity contribution in [3.8, 4) is 0 Å². The van der Waals surface area contributed by atoms with Crippen LogP contribution in [0.3, 0.4) is 0 Å². The topological polar surface area (TPSA) is 34.1 Å². The average molecular weight is 229 g/mol. The summed E-state index contributed by atoms with van der Waals surface area (Å²) in [5, 5.41) is 0. The van der Waals surface area contributed by atoms with Gasteiger partial charge in [-0.15, -0.1) is 0 Å². The highest BCUT2D eigenvalue weighted by atomic mass is 35.7. The first-order chi connectivity index (χ1) is 6.49. The number of hydrogen-bond acceptors (Lipinski definition) is 2. The van der Waals surface area contributed by atoms with Crippen LogP contribution in [0.1, 0.15) is 11.1 Å². The van der Waals surface area contributed by atoms with Crippen molar-refractivity contribution in [1.82, 2.24) is 0 Å². The molecule has 4 heteroatoms. The standard InChI is InChI=1S/C10H9ClO2S/c1-3-8-5-6-10(14(11,12)13)9(4-2)7-8/h3-7H,1-2H2. The van der Waals surface area contributed by atoms with Crippen LogP contribution in [0.5, 0.6) is 0 Å². The Bertz CT molecular complexity index is 475. The second-order valence-corrected chi connectivity index (χ2v) is 5.18. The van der Waals surface area contributed by atoms with Crippen LogP contribution in [0.4, 0.5) is 0 Å². The lowest BCUT2D eigenvalue weighted by molar-refractivity contribution is 0.609. The van der Waals surface area contributed by atoms with Gasteiger partial charge < -0.3 is 0 Å². The lowest BCUT2D eigenvalue weighted by Crippen LogP contribution is -1.94. The fraction of sp³-hybridized carbons (Fsp3) is 0. The van der Waals surface area contributed by atoms with Gasteiger partial charge in [0, 0.05) is 10.7 Å². The molecule has 0 aliphatic rings. The minimum absolute atomic E-state index is 0.0692. The van der Waals surface area contributed by atoms with E-state index >= 15 is 0 Å². The molecule has 0 unspecified atom stereocenters. The monoisotopic (exact) mass is 228 g/mol. The van der Waals surface area contributed by atoms with Gasteiger partial charge in [0.15, 0.2) is 0 Å². The van der Waals surface area contributed by atoms with Gasteiger partial charge in [0.2, 0.25) is 0 Å². The van der Waals surface area contributed by atoms with E-state index in [1.165, 1.54) is 12.1 Å². The molecule has 1 rings (SSSR count). The van der Waals surface area contributed by atoms with Crippen LogP contribution in [0.15, 0.2) is 36.3 Å². The van der Waals surface area contributed by atoms with Gasteiger partial charge in [-0.3, -0.25) is 0 Å². The van der Waals surface area contributed by atoms with Crippen LogP contribution < -0.4 is 0 Å². The average Bonchev–Trinajstić information content (AvgIpc) is 2.15. The molecule has 0 saturated carbocycles. The maximum absolute atomic E-state index is 11.1. The molecular formula is C10H9ClO2S. The summed E-state index contributed by atoms with van der Waals surface area (Å²) in [5.41, 5.74) is 1.31. The van der Waals surface area contributed by atoms with Crippen molar-refractivity contribution < 1.29 is 8.42 Å². The first kappa shape index (κ1) is 11.0. The second-order valence-electron chi connectivity index (χ2n) is 2.64. The van der Waals surface area contributed by atoms with Gasteiger partial charge in [0.25, 0.3) is 9.05 Å². The molecule has 0 aliphatic heterocycles. The minimum Gasteiger partial charge on any atom is -0.207 e. The van der Waals surface area contributed by atoms with Crippen LogP contribution in [-0.4, -0.2) is 8.42 Å². The summed E-state index contributed by atoms with van der Waals surface area (Å²) in [6.45, 7) is 7.10. The Labute approximate surface area is 87.9 Å². The van der Waals surface area contributed by atoms with Gasteiger partial charge in [0.1, 0.15) is 0 Å². The van der Waals surface area contributed by atoms with Crippen LogP contribution in [0, 0.1) is 0 Å². The third-order valence-corrected chi connectivity index (χ3v) is 3.15. The predicted octanol–water partition coefficient (Wildman–Crippen LogP) is 2.90. The molecule has 0 bridgehead atoms. The zero-order valence-corrected chi connectivity index (χ0v) is 8.98. The Morgan fingerprint density at radius 1 is 1.21 bits per heavy atom. The van der Waals surface area contributed by atoms with Gasteiger partial charge in [-0.1, -0.05) is 31.4 Å². The third-order valence-electron chi connectivity index (χ3n) is 1.75. The molecule has 1 aromatic rings. The number of benzene rings is 1. The minimum atomic E-state index is -3.70. The van der Waals surface area contributed by atoms with Gasteiger partial charge in [-0.05, 0) is 23.3 Å². The van der Waals surface area contributed by atoms with E-state index in [1.54, 1.807) is 18.2 Å². The first-order valence-corrected chi connectivity index (χ1v) is 6.13. The van der Waals surface area contributed by atoms with E-state index in [9.17, 15) is 8.42 Å². The highest BCUT2D eigenvalue weighted by Gasteiger charge is 2.13. The first-order valence-electron chi connectivity index (χ1n) is 3.82. The van der Waals surface area contributed by atoms with Crippen LogP contribution >= 0.6 is 10.7 Å². The number of hydrogen-bond donors (Lipinski definition) is 0. The zero-order chi connectivity index (χ0) is 10.8. The maximum atomic E-state index is 11.1. The zero-order valence-electron chi connectivity index (χ0n) is 7.40. The molecule has 1 aromatic carbocycles. The van der Waals surface area contributed by atoms with Crippen LogP contribution in [0.25, 0.3) is 12.2 Å². The Morgan fingerprint density at radius 3 is 2.29 bits per heavy atom. The Morgan fingerprint density at radius 2 is 1.86 bits per heavy atom. The molecule has 74 valence electrons. The molecule has 0 spiro atoms. The quantitative estimate of drug-likeness (QED) is 0.746. The van der Waals surface area contributed by atoms with E-state index in [1.807, 2.05) is 0 Å². The lowest BCUT2D eigenvalue weighted by atomic mass is 10.1. The molecule has 0 saturated heterocycles. The molecule has 0 heterocycles. The predicted molar refractivity (Wildman–Crippen MR) is 59.7 cm³/mol. The van der Waals surface area contributed by atoms with E-state index < -0.39 is 9.05 Å². The molecule has 14 heavy (non-hydrogen) atoms. The summed E-state index contributed by atoms with van der Waals surface area (Å²) in [7, 11) is 1.53. The Kier molecular flexibility index (Phi) is 3.13. The molecule has 0 N–H and O–H groups in total. The molecular weight excluding hydrogens is 220 g/mol. The summed E-state index contributed by atoms with van der Waals surface area (Å²) in [6, 6.07) is 4.74. The van der Waals surface area contributed by atoms with Crippen molar-refractivity contribution in [2.24, 2.45) is 0 Å². The summed E-state index contributed by atoms with van der Waals surface area (Å²) in [6.07, 6.45) is 3.07. The molecule has 0 amide bonds. The largest absolute Gasteiger partial charge is 0.261 e. The summed E-state index contributed by atoms with van der Waals surface area (Å²) < 4.78 is 22.2. The molecule has 0 radical (unpaired) electrons. The van der Waals surface area contributed by atoms with Crippen LogP contribution in [-0.2, 0) is 9.05 Å². The van der Waals surface area contributed by atoms with Gasteiger partial charge in [-0.25, -0.2) is 8.42 Å². The summed E-state index contributed by atoms with van der Waals surface area (Å²) >= 11 is 0. The summed E-state index contributed by atoms with van der Waals surface area (Å²) in [5.74, 6) is 0. The van der Waals surface area contributed by atoms with Gasteiger partial charge in [-0.2, -0.15) is 0 Å². The molecule has 2 nitrogen and oxygen atoms in total. The van der Waals surface area contributed by atoms with Crippen molar-refractivity contribution in [3.05, 3.63) is 42.5 Å². The van der Waals surface area contributed by atoms with E-state index in [-0.39, 0.29) is 4.90 Å². The van der Waals surface area contributed by atoms with E-state index in [2.05, 4.69) is 13.2 Å². The molecule has 0 fully saturated rings. The molecule has 0 atom stereocenters. The normalized spacial score (nSPS) is 10.9. The maximum Gasteiger partial charge on any atom is 0.261 e. The SMILES string of the molecule is C=Cc1ccc(S(=O)(=O)Cl)c(C=C)c1. The number of halogens is 1. The molecule has 0 aromatic heterocycles. The van der Waals surface area contributed by atoms with E-state index in [0.29, 0.717) is 5.56 Å². The van der Waals surface area contributed by atoms with E-state index in [0.717, 1.165) is 5.56 Å². The molecule has 0 aliphatic carbocycles. The van der Waals surface area contributed by atoms with Crippen LogP contribution in [0.2, 0.25) is 0 Å². The van der Waals surface area contributed by atoms with Crippen molar-refractivity contribution in [3.63, 3.8) is 0 Å². The Balaban J connectivity index is 3.47. The highest BCUT2D eigenvalue weighted by Crippen LogP contribution is 2.22. The van der Waals surface area contributed by atoms with E-state index in [4.69, 9.17) is 10.7 Å². The highest BCUT2D eigenvalue weighted by molar-refractivity contribution is 8.13. The fourth-order valence-electron chi connectivity index (χ4n) is 1.08. The van der Waals surface area contributed by atoms with Gasteiger partial charge in [0.05, 0.1) is 4.90 Å². The fourth-order valence-corrected chi connectivity index (χ4v) is 2.15. The smallest absolute Gasteiger partial charge is 0.207 e. The second kappa shape index (κ2) is 3.98. The van der Waals surface area contributed by atoms with Crippen molar-refractivity contribution in [1.29, 1.82) is 0 Å².